The standard InChI is InChI=1S/C24H22O4/c1-18(24(25)26)28-23-15-13-22(14-16-23)27-17-5-6-19-9-11-21(12-10-19)20-7-3-2-4-8-20/h2-16,18H,17H2,1H3,(H,25,26)/b6-5+/t18-/m1/s1. The van der Waals surface area contributed by atoms with Gasteiger partial charge in [0.15, 0.2) is 6.10 Å². The molecule has 0 fully saturated rings. The highest BCUT2D eigenvalue weighted by molar-refractivity contribution is 5.72. The second-order valence-electron chi connectivity index (χ2n) is 6.27. The summed E-state index contributed by atoms with van der Waals surface area (Å²) in [7, 11) is 0. The number of ether oxygens (including phenoxy) is 2. The van der Waals surface area contributed by atoms with Crippen LogP contribution in [-0.2, 0) is 4.79 Å². The summed E-state index contributed by atoms with van der Waals surface area (Å²) in [5.74, 6) is 0.193. The molecule has 4 heteroatoms. The zero-order valence-electron chi connectivity index (χ0n) is 15.6. The number of carboxylic acids is 1. The molecule has 3 aromatic carbocycles. The topological polar surface area (TPSA) is 55.8 Å². The Morgan fingerprint density at radius 1 is 0.893 bits per heavy atom. The first kappa shape index (κ1) is 19.2. The van der Waals surface area contributed by atoms with Gasteiger partial charge in [0.05, 0.1) is 0 Å². The lowest BCUT2D eigenvalue weighted by molar-refractivity contribution is -0.144. The molecule has 142 valence electrons. The van der Waals surface area contributed by atoms with Crippen molar-refractivity contribution >= 4 is 12.0 Å². The van der Waals surface area contributed by atoms with Crippen LogP contribution in [0.1, 0.15) is 12.5 Å². The summed E-state index contributed by atoms with van der Waals surface area (Å²) in [5, 5.41) is 8.85. The molecular weight excluding hydrogens is 352 g/mol. The maximum atomic E-state index is 10.8. The van der Waals surface area contributed by atoms with E-state index in [4.69, 9.17) is 14.6 Å². The number of benzene rings is 3. The Hall–Kier alpha value is -3.53. The molecule has 3 aromatic rings. The Morgan fingerprint density at radius 2 is 1.50 bits per heavy atom. The average Bonchev–Trinajstić information content (AvgIpc) is 2.73. The van der Waals surface area contributed by atoms with Crippen molar-refractivity contribution in [2.75, 3.05) is 6.61 Å². The normalized spacial score (nSPS) is 11.9. The molecule has 0 amide bonds. The van der Waals surface area contributed by atoms with Crippen LogP contribution in [0.4, 0.5) is 0 Å². The molecule has 0 saturated heterocycles. The van der Waals surface area contributed by atoms with Crippen molar-refractivity contribution in [1.29, 1.82) is 0 Å². The van der Waals surface area contributed by atoms with E-state index >= 15 is 0 Å². The van der Waals surface area contributed by atoms with Crippen LogP contribution in [0, 0.1) is 0 Å². The van der Waals surface area contributed by atoms with E-state index in [2.05, 4.69) is 36.4 Å². The Kier molecular flexibility index (Phi) is 6.47. The van der Waals surface area contributed by atoms with Crippen LogP contribution in [0.15, 0.2) is 84.9 Å². The lowest BCUT2D eigenvalue weighted by Crippen LogP contribution is -2.22. The van der Waals surface area contributed by atoms with Crippen molar-refractivity contribution in [2.45, 2.75) is 13.0 Å². The molecule has 0 bridgehead atoms. The van der Waals surface area contributed by atoms with Gasteiger partial charge in [-0.2, -0.15) is 0 Å². The molecular formula is C24H22O4. The third-order valence-corrected chi connectivity index (χ3v) is 4.16. The van der Waals surface area contributed by atoms with Gasteiger partial charge in [-0.3, -0.25) is 0 Å². The third kappa shape index (κ3) is 5.48. The smallest absolute Gasteiger partial charge is 0.344 e. The first-order chi connectivity index (χ1) is 13.6. The van der Waals surface area contributed by atoms with Crippen LogP contribution in [0.3, 0.4) is 0 Å². The van der Waals surface area contributed by atoms with Gasteiger partial charge in [0.1, 0.15) is 18.1 Å². The summed E-state index contributed by atoms with van der Waals surface area (Å²) in [4.78, 5) is 10.8. The largest absolute Gasteiger partial charge is 0.490 e. The van der Waals surface area contributed by atoms with Crippen molar-refractivity contribution in [3.8, 4) is 22.6 Å². The minimum Gasteiger partial charge on any atom is -0.490 e. The molecule has 0 aromatic heterocycles. The number of hydrogen-bond acceptors (Lipinski definition) is 3. The fourth-order valence-corrected chi connectivity index (χ4v) is 2.61. The van der Waals surface area contributed by atoms with Crippen molar-refractivity contribution in [3.05, 3.63) is 90.5 Å². The van der Waals surface area contributed by atoms with E-state index in [0.29, 0.717) is 18.1 Å². The van der Waals surface area contributed by atoms with Gasteiger partial charge < -0.3 is 14.6 Å². The Labute approximate surface area is 164 Å². The molecule has 0 unspecified atom stereocenters. The van der Waals surface area contributed by atoms with Crippen LogP contribution in [0.2, 0.25) is 0 Å². The van der Waals surface area contributed by atoms with Gasteiger partial charge in [-0.25, -0.2) is 4.79 Å². The summed E-state index contributed by atoms with van der Waals surface area (Å²) in [6.45, 7) is 1.93. The van der Waals surface area contributed by atoms with Crippen molar-refractivity contribution < 1.29 is 19.4 Å². The van der Waals surface area contributed by atoms with Gasteiger partial charge in [0, 0.05) is 0 Å². The summed E-state index contributed by atoms with van der Waals surface area (Å²) in [6.07, 6.45) is 3.08. The maximum absolute atomic E-state index is 10.8. The molecule has 4 nitrogen and oxygen atoms in total. The minimum absolute atomic E-state index is 0.437. The van der Waals surface area contributed by atoms with Crippen molar-refractivity contribution in [3.63, 3.8) is 0 Å². The van der Waals surface area contributed by atoms with Crippen molar-refractivity contribution in [1.82, 2.24) is 0 Å². The Bertz CT molecular complexity index is 913. The Morgan fingerprint density at radius 3 is 2.14 bits per heavy atom. The lowest BCUT2D eigenvalue weighted by Gasteiger charge is -2.10. The minimum atomic E-state index is -0.998. The molecule has 3 rings (SSSR count). The van der Waals surface area contributed by atoms with E-state index < -0.39 is 12.1 Å². The molecule has 0 radical (unpaired) electrons. The molecule has 0 saturated carbocycles. The summed E-state index contributed by atoms with van der Waals surface area (Å²) >= 11 is 0. The van der Waals surface area contributed by atoms with Crippen LogP contribution >= 0.6 is 0 Å². The first-order valence-electron chi connectivity index (χ1n) is 9.06. The number of aliphatic carboxylic acids is 1. The molecule has 0 spiro atoms. The predicted molar refractivity (Wildman–Crippen MR) is 111 cm³/mol. The zero-order valence-corrected chi connectivity index (χ0v) is 15.6. The number of carboxylic acid groups (broad SMARTS) is 1. The number of rotatable bonds is 8. The van der Waals surface area contributed by atoms with E-state index in [0.717, 1.165) is 5.56 Å². The first-order valence-corrected chi connectivity index (χ1v) is 9.06. The average molecular weight is 374 g/mol. The van der Waals surface area contributed by atoms with Crippen LogP contribution in [0.5, 0.6) is 11.5 Å². The molecule has 0 aliphatic carbocycles. The SMILES string of the molecule is C[C@@H](Oc1ccc(OC/C=C/c2ccc(-c3ccccc3)cc2)cc1)C(=O)O. The highest BCUT2D eigenvalue weighted by Gasteiger charge is 2.11. The van der Waals surface area contributed by atoms with E-state index in [1.165, 1.54) is 18.1 Å². The highest BCUT2D eigenvalue weighted by atomic mass is 16.5. The molecule has 1 N–H and O–H groups in total. The van der Waals surface area contributed by atoms with Gasteiger partial charge >= 0.3 is 5.97 Å². The van der Waals surface area contributed by atoms with Gasteiger partial charge in [-0.1, -0.05) is 60.7 Å². The molecule has 28 heavy (non-hydrogen) atoms. The zero-order chi connectivity index (χ0) is 19.8. The molecule has 1 atom stereocenters. The predicted octanol–water partition coefficient (Wildman–Crippen LogP) is 5.30. The fraction of sp³-hybridized carbons (Fsp3) is 0.125. The summed E-state index contributed by atoms with van der Waals surface area (Å²) in [5.41, 5.74) is 3.50. The van der Waals surface area contributed by atoms with Crippen molar-refractivity contribution in [2.24, 2.45) is 0 Å². The third-order valence-electron chi connectivity index (χ3n) is 4.16. The van der Waals surface area contributed by atoms with Gasteiger partial charge in [0.25, 0.3) is 0 Å². The van der Waals surface area contributed by atoms with Gasteiger partial charge in [-0.05, 0) is 54.0 Å². The highest BCUT2D eigenvalue weighted by Crippen LogP contribution is 2.20. The summed E-state index contributed by atoms with van der Waals surface area (Å²) < 4.78 is 11.0. The van der Waals surface area contributed by atoms with Crippen LogP contribution in [-0.4, -0.2) is 23.8 Å². The molecule has 0 aliphatic heterocycles. The maximum Gasteiger partial charge on any atom is 0.344 e. The second kappa shape index (κ2) is 9.42. The van der Waals surface area contributed by atoms with Crippen LogP contribution < -0.4 is 9.47 Å². The van der Waals surface area contributed by atoms with E-state index in [1.54, 1.807) is 24.3 Å². The summed E-state index contributed by atoms with van der Waals surface area (Å²) in [6, 6.07) is 25.5. The van der Waals surface area contributed by atoms with E-state index in [9.17, 15) is 4.79 Å². The Balaban J connectivity index is 1.49. The second-order valence-corrected chi connectivity index (χ2v) is 6.27. The number of hydrogen-bond donors (Lipinski definition) is 1. The fourth-order valence-electron chi connectivity index (χ4n) is 2.61. The molecule has 0 heterocycles. The lowest BCUT2D eigenvalue weighted by atomic mass is 10.0. The van der Waals surface area contributed by atoms with Gasteiger partial charge in [0.2, 0.25) is 0 Å². The van der Waals surface area contributed by atoms with E-state index in [-0.39, 0.29) is 0 Å². The quantitative estimate of drug-likeness (QED) is 0.581. The monoisotopic (exact) mass is 374 g/mol. The number of carbonyl (C=O) groups is 1. The van der Waals surface area contributed by atoms with E-state index in [1.807, 2.05) is 30.4 Å². The molecule has 0 aliphatic rings. The van der Waals surface area contributed by atoms with Gasteiger partial charge in [-0.15, -0.1) is 0 Å². The van der Waals surface area contributed by atoms with Crippen LogP contribution in [0.25, 0.3) is 17.2 Å².